The number of nitro groups is 1. The molecule has 0 heterocycles. The molecule has 0 N–H and O–H groups in total. The van der Waals surface area contributed by atoms with E-state index in [4.69, 9.17) is 0 Å². The lowest BCUT2D eigenvalue weighted by molar-refractivity contribution is -0.542. The molecule has 0 fully saturated rings. The van der Waals surface area contributed by atoms with Gasteiger partial charge in [-0.25, -0.2) is 0 Å². The number of alkyl halides is 1. The number of rotatable bonds is 1. The number of fused-ring (bicyclic) bond motifs is 1. The summed E-state index contributed by atoms with van der Waals surface area (Å²) >= 11 is 3.21. The van der Waals surface area contributed by atoms with Gasteiger partial charge in [-0.15, -0.1) is 0 Å². The average Bonchev–Trinajstić information content (AvgIpc) is 2.47. The summed E-state index contributed by atoms with van der Waals surface area (Å²) in [5.74, 6) is 0. The van der Waals surface area contributed by atoms with E-state index < -0.39 is 4.45 Å². The fraction of sp³-hybridized carbons (Fsp3) is 0.333. The van der Waals surface area contributed by atoms with Gasteiger partial charge in [-0.1, -0.05) is 24.3 Å². The summed E-state index contributed by atoms with van der Waals surface area (Å²) in [5, 5.41) is 10.8. The molecule has 0 aliphatic heterocycles. The Labute approximate surface area is 84.0 Å². The van der Waals surface area contributed by atoms with Gasteiger partial charge in [0.2, 0.25) is 0 Å². The standard InChI is InChI=1S/C9H8BrNO2/c10-9(11(12)13)6-5-7-3-1-2-4-8(7)9/h1-4H,5-6H2. The molecule has 0 bridgehead atoms. The molecule has 1 aliphatic rings. The van der Waals surface area contributed by atoms with Crippen LogP contribution >= 0.6 is 15.9 Å². The van der Waals surface area contributed by atoms with Crippen molar-refractivity contribution in [1.29, 1.82) is 0 Å². The van der Waals surface area contributed by atoms with E-state index in [0.29, 0.717) is 6.42 Å². The predicted molar refractivity (Wildman–Crippen MR) is 52.4 cm³/mol. The maximum Gasteiger partial charge on any atom is 0.300 e. The van der Waals surface area contributed by atoms with Crippen LogP contribution in [-0.4, -0.2) is 4.92 Å². The maximum atomic E-state index is 10.8. The van der Waals surface area contributed by atoms with Crippen LogP contribution in [0.25, 0.3) is 0 Å². The first-order valence-corrected chi connectivity index (χ1v) is 4.86. The van der Waals surface area contributed by atoms with Crippen molar-refractivity contribution in [1.82, 2.24) is 0 Å². The number of hydrogen-bond acceptors (Lipinski definition) is 2. The Morgan fingerprint density at radius 1 is 1.46 bits per heavy atom. The molecule has 1 unspecified atom stereocenters. The Kier molecular flexibility index (Phi) is 1.87. The van der Waals surface area contributed by atoms with Crippen molar-refractivity contribution in [3.05, 3.63) is 45.5 Å². The van der Waals surface area contributed by atoms with Crippen molar-refractivity contribution >= 4 is 15.9 Å². The molecule has 0 saturated carbocycles. The van der Waals surface area contributed by atoms with Crippen molar-refractivity contribution < 1.29 is 4.92 Å². The van der Waals surface area contributed by atoms with Crippen LogP contribution in [0.5, 0.6) is 0 Å². The third-order valence-corrected chi connectivity index (χ3v) is 3.56. The van der Waals surface area contributed by atoms with Crippen molar-refractivity contribution in [3.63, 3.8) is 0 Å². The Hall–Kier alpha value is -0.900. The second-order valence-electron chi connectivity index (χ2n) is 3.17. The van der Waals surface area contributed by atoms with Gasteiger partial charge in [0, 0.05) is 32.8 Å². The lowest BCUT2D eigenvalue weighted by atomic mass is 10.1. The minimum absolute atomic E-state index is 0.251. The van der Waals surface area contributed by atoms with Gasteiger partial charge >= 0.3 is 0 Å². The van der Waals surface area contributed by atoms with Crippen LogP contribution in [0.15, 0.2) is 24.3 Å². The Morgan fingerprint density at radius 2 is 2.15 bits per heavy atom. The van der Waals surface area contributed by atoms with Gasteiger partial charge in [0.25, 0.3) is 4.45 Å². The third-order valence-electron chi connectivity index (χ3n) is 2.45. The van der Waals surface area contributed by atoms with E-state index in [9.17, 15) is 10.1 Å². The highest BCUT2D eigenvalue weighted by molar-refractivity contribution is 9.09. The van der Waals surface area contributed by atoms with Crippen LogP contribution < -0.4 is 0 Å². The van der Waals surface area contributed by atoms with Crippen LogP contribution in [0.4, 0.5) is 0 Å². The quantitative estimate of drug-likeness (QED) is 0.328. The number of hydrogen-bond donors (Lipinski definition) is 0. The van der Waals surface area contributed by atoms with Gasteiger partial charge in [0.05, 0.1) is 0 Å². The average molecular weight is 242 g/mol. The molecule has 0 aromatic heterocycles. The highest BCUT2D eigenvalue weighted by Gasteiger charge is 2.47. The van der Waals surface area contributed by atoms with E-state index in [1.165, 1.54) is 0 Å². The van der Waals surface area contributed by atoms with Gasteiger partial charge < -0.3 is 0 Å². The van der Waals surface area contributed by atoms with Crippen LogP contribution in [0, 0.1) is 10.1 Å². The summed E-state index contributed by atoms with van der Waals surface area (Å²) in [5.41, 5.74) is 1.89. The SMILES string of the molecule is O=[N+]([O-])C1(Br)CCc2ccccc21. The smallest absolute Gasteiger partial charge is 0.263 e. The minimum atomic E-state index is -1.04. The molecule has 2 rings (SSSR count). The fourth-order valence-electron chi connectivity index (χ4n) is 1.74. The van der Waals surface area contributed by atoms with Crippen LogP contribution in [0.2, 0.25) is 0 Å². The van der Waals surface area contributed by atoms with Crippen molar-refractivity contribution in [2.75, 3.05) is 0 Å². The molecule has 1 aromatic carbocycles. The second-order valence-corrected chi connectivity index (χ2v) is 4.49. The summed E-state index contributed by atoms with van der Waals surface area (Å²) in [7, 11) is 0. The predicted octanol–water partition coefficient (Wildman–Crippen LogP) is 2.46. The Bertz CT molecular complexity index is 366. The lowest BCUT2D eigenvalue weighted by Gasteiger charge is -2.12. The summed E-state index contributed by atoms with van der Waals surface area (Å²) in [4.78, 5) is 10.6. The molecule has 4 heteroatoms. The highest BCUT2D eigenvalue weighted by Crippen LogP contribution is 2.43. The summed E-state index contributed by atoms with van der Waals surface area (Å²) < 4.78 is -1.04. The third kappa shape index (κ3) is 1.16. The van der Waals surface area contributed by atoms with Gasteiger partial charge in [-0.05, 0) is 12.0 Å². The first kappa shape index (κ1) is 8.69. The Morgan fingerprint density at radius 3 is 2.85 bits per heavy atom. The molecule has 13 heavy (non-hydrogen) atoms. The van der Waals surface area contributed by atoms with Crippen LogP contribution in [0.3, 0.4) is 0 Å². The molecule has 3 nitrogen and oxygen atoms in total. The molecule has 1 aromatic rings. The van der Waals surface area contributed by atoms with Crippen molar-refractivity contribution in [2.24, 2.45) is 0 Å². The van der Waals surface area contributed by atoms with Gasteiger partial charge in [0.15, 0.2) is 0 Å². The van der Waals surface area contributed by atoms with E-state index >= 15 is 0 Å². The Balaban J connectivity index is 2.55. The van der Waals surface area contributed by atoms with Crippen molar-refractivity contribution in [2.45, 2.75) is 17.3 Å². The number of halogens is 1. The molecule has 1 aliphatic carbocycles. The lowest BCUT2D eigenvalue weighted by Crippen LogP contribution is -2.25. The highest BCUT2D eigenvalue weighted by atomic mass is 79.9. The zero-order chi connectivity index (χ0) is 9.47. The van der Waals surface area contributed by atoms with Gasteiger partial charge in [0.1, 0.15) is 0 Å². The summed E-state index contributed by atoms with van der Waals surface area (Å²) in [6, 6.07) is 7.52. The molecule has 0 spiro atoms. The number of nitrogens with zero attached hydrogens (tertiary/aromatic N) is 1. The van der Waals surface area contributed by atoms with E-state index in [1.54, 1.807) is 0 Å². The number of aryl methyl sites for hydroxylation is 1. The van der Waals surface area contributed by atoms with Crippen molar-refractivity contribution in [3.8, 4) is 0 Å². The van der Waals surface area contributed by atoms with E-state index in [2.05, 4.69) is 15.9 Å². The molecule has 0 saturated heterocycles. The molecule has 0 amide bonds. The van der Waals surface area contributed by atoms with Gasteiger partial charge in [-0.3, -0.25) is 10.1 Å². The van der Waals surface area contributed by atoms with Crippen LogP contribution in [0.1, 0.15) is 17.5 Å². The van der Waals surface area contributed by atoms with Gasteiger partial charge in [-0.2, -0.15) is 0 Å². The summed E-state index contributed by atoms with van der Waals surface area (Å²) in [6.45, 7) is 0. The minimum Gasteiger partial charge on any atom is -0.263 e. The zero-order valence-corrected chi connectivity index (χ0v) is 8.45. The molecule has 1 atom stereocenters. The molecule has 0 radical (unpaired) electrons. The second kappa shape index (κ2) is 2.80. The summed E-state index contributed by atoms with van der Waals surface area (Å²) in [6.07, 6.45) is 1.32. The number of benzene rings is 1. The van der Waals surface area contributed by atoms with Crippen LogP contribution in [-0.2, 0) is 10.9 Å². The molecular weight excluding hydrogens is 234 g/mol. The van der Waals surface area contributed by atoms with E-state index in [1.807, 2.05) is 24.3 Å². The maximum absolute atomic E-state index is 10.8. The fourth-order valence-corrected chi connectivity index (χ4v) is 2.32. The van der Waals surface area contributed by atoms with E-state index in [0.717, 1.165) is 17.5 Å². The normalized spacial score (nSPS) is 25.6. The largest absolute Gasteiger partial charge is 0.300 e. The molecular formula is C9H8BrNO2. The first-order valence-electron chi connectivity index (χ1n) is 4.06. The first-order chi connectivity index (χ1) is 6.14. The monoisotopic (exact) mass is 241 g/mol. The molecule has 68 valence electrons. The topological polar surface area (TPSA) is 43.1 Å². The zero-order valence-electron chi connectivity index (χ0n) is 6.87. The van der Waals surface area contributed by atoms with E-state index in [-0.39, 0.29) is 4.92 Å².